The van der Waals surface area contributed by atoms with Gasteiger partial charge < -0.3 is 20.1 Å². The van der Waals surface area contributed by atoms with Crippen LogP contribution >= 0.6 is 0 Å². The summed E-state index contributed by atoms with van der Waals surface area (Å²) in [7, 11) is 1.20. The maximum absolute atomic E-state index is 13.8. The van der Waals surface area contributed by atoms with Crippen LogP contribution in [0.15, 0.2) is 59.7 Å². The molecule has 7 nitrogen and oxygen atoms in total. The van der Waals surface area contributed by atoms with Crippen molar-refractivity contribution in [2.45, 2.75) is 24.7 Å². The molecule has 1 aliphatic carbocycles. The van der Waals surface area contributed by atoms with E-state index in [0.717, 1.165) is 0 Å². The number of benzene rings is 1. The minimum absolute atomic E-state index is 0.145. The Kier molecular flexibility index (Phi) is 4.10. The van der Waals surface area contributed by atoms with Crippen molar-refractivity contribution < 1.29 is 23.9 Å². The Morgan fingerprint density at radius 1 is 1.36 bits per heavy atom. The Balaban J connectivity index is 2.12. The molecule has 0 bridgehead atoms. The fourth-order valence-corrected chi connectivity index (χ4v) is 4.43. The van der Waals surface area contributed by atoms with Crippen molar-refractivity contribution >= 4 is 23.3 Å². The smallest absolute Gasteiger partial charge is 0.340 e. The summed E-state index contributed by atoms with van der Waals surface area (Å²) in [4.78, 5) is 41.2. The lowest BCUT2D eigenvalue weighted by Crippen LogP contribution is -2.51. The van der Waals surface area contributed by atoms with E-state index in [9.17, 15) is 14.4 Å². The first-order valence-corrected chi connectivity index (χ1v) is 9.04. The van der Waals surface area contributed by atoms with Crippen LogP contribution < -0.4 is 10.6 Å². The van der Waals surface area contributed by atoms with E-state index in [1.54, 1.807) is 30.3 Å². The van der Waals surface area contributed by atoms with Crippen molar-refractivity contribution in [3.8, 4) is 0 Å². The van der Waals surface area contributed by atoms with Crippen LogP contribution in [0, 0.1) is 0 Å². The van der Waals surface area contributed by atoms with Gasteiger partial charge in [-0.05, 0) is 12.5 Å². The molecule has 3 aliphatic rings. The van der Waals surface area contributed by atoms with Gasteiger partial charge in [0.2, 0.25) is 11.8 Å². The molecule has 0 radical (unpaired) electrons. The number of Topliss-reactive ketones (excluding diaryl/α,β-unsaturated/α-hetero) is 1. The SMILES string of the molecule is C=CCN1C(=O)[C@]2(C(C(=O)OC)=C(N)OC3=C2C(=O)CCC3)c2ccccc21. The lowest BCUT2D eigenvalue weighted by molar-refractivity contribution is -0.139. The van der Waals surface area contributed by atoms with Crippen LogP contribution in [0.1, 0.15) is 24.8 Å². The van der Waals surface area contributed by atoms with Crippen LogP contribution in [0.3, 0.4) is 0 Å². The molecule has 7 heteroatoms. The van der Waals surface area contributed by atoms with Crippen LogP contribution in [-0.4, -0.2) is 31.3 Å². The normalized spacial score (nSPS) is 23.5. The van der Waals surface area contributed by atoms with Crippen molar-refractivity contribution in [3.63, 3.8) is 0 Å². The molecule has 1 spiro atoms. The van der Waals surface area contributed by atoms with Crippen LogP contribution in [0.4, 0.5) is 5.69 Å². The molecule has 1 aromatic rings. The minimum atomic E-state index is -1.66. The van der Waals surface area contributed by atoms with Gasteiger partial charge in [-0.25, -0.2) is 4.79 Å². The van der Waals surface area contributed by atoms with Gasteiger partial charge in [-0.1, -0.05) is 24.3 Å². The number of fused-ring (bicyclic) bond motifs is 3. The molecule has 0 unspecified atom stereocenters. The zero-order valence-corrected chi connectivity index (χ0v) is 15.5. The average Bonchev–Trinajstić information content (AvgIpc) is 2.91. The standard InChI is InChI=1S/C21H20N2O5/c1-3-11-23-13-8-5-4-7-12(13)21(20(23)26)16-14(24)9-6-10-15(16)28-18(22)17(21)19(25)27-2/h3-5,7-8H,1,6,9-11,22H2,2H3/t21-/m1/s1. The second-order valence-corrected chi connectivity index (χ2v) is 6.88. The van der Waals surface area contributed by atoms with E-state index in [4.69, 9.17) is 15.2 Å². The molecular formula is C21H20N2O5. The highest BCUT2D eigenvalue weighted by Gasteiger charge is 2.63. The summed E-state index contributed by atoms with van der Waals surface area (Å²) in [5.74, 6) is -1.30. The molecule has 2 aliphatic heterocycles. The predicted octanol–water partition coefficient (Wildman–Crippen LogP) is 1.84. The number of ketones is 1. The first-order valence-electron chi connectivity index (χ1n) is 9.04. The number of esters is 1. The summed E-state index contributed by atoms with van der Waals surface area (Å²) in [6.45, 7) is 3.95. The maximum atomic E-state index is 13.8. The minimum Gasteiger partial charge on any atom is -0.465 e. The van der Waals surface area contributed by atoms with Gasteiger partial charge in [0.05, 0.1) is 12.7 Å². The Morgan fingerprint density at radius 2 is 2.11 bits per heavy atom. The number of hydrogen-bond acceptors (Lipinski definition) is 6. The summed E-state index contributed by atoms with van der Waals surface area (Å²) in [6, 6.07) is 7.08. The highest BCUT2D eigenvalue weighted by Crippen LogP contribution is 2.55. The van der Waals surface area contributed by atoms with Crippen LogP contribution in [0.25, 0.3) is 0 Å². The molecule has 2 N–H and O–H groups in total. The summed E-state index contributed by atoms with van der Waals surface area (Å²) >= 11 is 0. The quantitative estimate of drug-likeness (QED) is 0.635. The molecule has 1 aromatic carbocycles. The van der Waals surface area contributed by atoms with E-state index in [2.05, 4.69) is 6.58 Å². The van der Waals surface area contributed by atoms with Crippen molar-refractivity contribution in [2.24, 2.45) is 5.73 Å². The largest absolute Gasteiger partial charge is 0.465 e. The zero-order chi connectivity index (χ0) is 20.1. The number of rotatable bonds is 3. The van der Waals surface area contributed by atoms with Crippen molar-refractivity contribution in [3.05, 3.63) is 65.3 Å². The number of carbonyl (C=O) groups excluding carboxylic acids is 3. The van der Waals surface area contributed by atoms with E-state index in [1.165, 1.54) is 12.0 Å². The number of amides is 1. The van der Waals surface area contributed by atoms with E-state index >= 15 is 0 Å². The van der Waals surface area contributed by atoms with Crippen LogP contribution in [-0.2, 0) is 29.3 Å². The number of ether oxygens (including phenoxy) is 2. The second kappa shape index (κ2) is 6.37. The number of para-hydroxylation sites is 1. The number of methoxy groups -OCH3 is 1. The Labute approximate surface area is 162 Å². The summed E-state index contributed by atoms with van der Waals surface area (Å²) in [6.07, 6.45) is 2.93. The van der Waals surface area contributed by atoms with Gasteiger partial charge in [-0.15, -0.1) is 6.58 Å². The second-order valence-electron chi connectivity index (χ2n) is 6.88. The predicted molar refractivity (Wildman–Crippen MR) is 101 cm³/mol. The summed E-state index contributed by atoms with van der Waals surface area (Å²) in [5.41, 5.74) is 5.63. The van der Waals surface area contributed by atoms with Crippen LogP contribution in [0.5, 0.6) is 0 Å². The Hall–Kier alpha value is -3.35. The third-order valence-electron chi connectivity index (χ3n) is 5.46. The number of carbonyl (C=O) groups is 3. The molecule has 0 saturated heterocycles. The summed E-state index contributed by atoms with van der Waals surface area (Å²) in [5, 5.41) is 0. The Bertz CT molecular complexity index is 990. The molecule has 0 fully saturated rings. The molecule has 2 heterocycles. The first kappa shape index (κ1) is 18.0. The van der Waals surface area contributed by atoms with Gasteiger partial charge >= 0.3 is 5.97 Å². The number of allylic oxidation sites excluding steroid dienone is 1. The van der Waals surface area contributed by atoms with E-state index in [1.807, 2.05) is 0 Å². The van der Waals surface area contributed by atoms with Crippen molar-refractivity contribution in [1.82, 2.24) is 0 Å². The zero-order valence-electron chi connectivity index (χ0n) is 15.5. The third-order valence-corrected chi connectivity index (χ3v) is 5.46. The number of nitrogens with zero attached hydrogens (tertiary/aromatic N) is 1. The molecule has 1 atom stereocenters. The monoisotopic (exact) mass is 380 g/mol. The van der Waals surface area contributed by atoms with Gasteiger partial charge in [-0.2, -0.15) is 0 Å². The maximum Gasteiger partial charge on any atom is 0.340 e. The number of hydrogen-bond donors (Lipinski definition) is 1. The van der Waals surface area contributed by atoms with Crippen molar-refractivity contribution in [2.75, 3.05) is 18.6 Å². The number of anilines is 1. The number of nitrogens with two attached hydrogens (primary N) is 1. The van der Waals surface area contributed by atoms with Crippen molar-refractivity contribution in [1.29, 1.82) is 0 Å². The van der Waals surface area contributed by atoms with E-state index in [-0.39, 0.29) is 35.8 Å². The van der Waals surface area contributed by atoms with Gasteiger partial charge in [0.15, 0.2) is 5.78 Å². The molecule has 144 valence electrons. The van der Waals surface area contributed by atoms with E-state index in [0.29, 0.717) is 29.9 Å². The molecular weight excluding hydrogens is 360 g/mol. The summed E-state index contributed by atoms with van der Waals surface area (Å²) < 4.78 is 10.6. The van der Waals surface area contributed by atoms with E-state index < -0.39 is 17.3 Å². The highest BCUT2D eigenvalue weighted by atomic mass is 16.5. The van der Waals surface area contributed by atoms with Gasteiger partial charge in [0, 0.05) is 30.6 Å². The van der Waals surface area contributed by atoms with Gasteiger partial charge in [-0.3, -0.25) is 9.59 Å². The Morgan fingerprint density at radius 3 is 2.82 bits per heavy atom. The average molecular weight is 380 g/mol. The molecule has 28 heavy (non-hydrogen) atoms. The fourth-order valence-electron chi connectivity index (χ4n) is 4.43. The topological polar surface area (TPSA) is 98.9 Å². The first-order chi connectivity index (χ1) is 13.5. The highest BCUT2D eigenvalue weighted by molar-refractivity contribution is 6.23. The molecule has 0 aromatic heterocycles. The van der Waals surface area contributed by atoms with Gasteiger partial charge in [0.1, 0.15) is 16.7 Å². The lowest BCUT2D eigenvalue weighted by Gasteiger charge is -2.38. The fraction of sp³-hybridized carbons (Fsp3) is 0.286. The molecule has 0 saturated carbocycles. The lowest BCUT2D eigenvalue weighted by atomic mass is 9.64. The molecule has 4 rings (SSSR count). The third kappa shape index (κ3) is 2.13. The van der Waals surface area contributed by atoms with Gasteiger partial charge in [0.25, 0.3) is 0 Å². The molecule has 1 amide bonds. The van der Waals surface area contributed by atoms with Crippen LogP contribution in [0.2, 0.25) is 0 Å².